The van der Waals surface area contributed by atoms with Gasteiger partial charge in [-0.05, 0) is 93.0 Å². The molecule has 0 bridgehead atoms. The minimum Gasteiger partial charge on any atom is -0.497 e. The molecule has 0 spiro atoms. The van der Waals surface area contributed by atoms with Gasteiger partial charge in [-0.25, -0.2) is 0 Å². The fraction of sp³-hybridized carbons (Fsp3) is 0.143. The second-order valence-electron chi connectivity index (χ2n) is 14.4. The summed E-state index contributed by atoms with van der Waals surface area (Å²) >= 11 is 0. The Hall–Kier alpha value is -8.56. The van der Waals surface area contributed by atoms with E-state index in [4.69, 9.17) is 37.9 Å². The van der Waals surface area contributed by atoms with Crippen LogP contribution < -0.4 is 37.9 Å². The van der Waals surface area contributed by atoms with Gasteiger partial charge in [0.15, 0.2) is 0 Å². The Morgan fingerprint density at radius 1 is 0.234 bits per heavy atom. The Kier molecular flexibility index (Phi) is 12.2. The predicted molar refractivity (Wildman–Crippen MR) is 252 cm³/mol. The highest BCUT2D eigenvalue weighted by molar-refractivity contribution is 6.26. The summed E-state index contributed by atoms with van der Waals surface area (Å²) < 4.78 is 44.5. The highest BCUT2D eigenvalue weighted by atomic mass is 16.5. The van der Waals surface area contributed by atoms with Gasteiger partial charge in [-0.15, -0.1) is 0 Å². The average molecular weight is 843 g/mol. The molecule has 0 N–H and O–H groups in total. The SMILES string of the molecule is COc1cc(C#Cc2cc(C#Cc3cc(OC)cc(OC)c3)c3ccc4c(C#Cc5cc(OC)cc(OC)c5)cc(C#Cc5cc(OC)cc(OC)c5)c5ccc2c3c54)cc(OC)c1. The highest BCUT2D eigenvalue weighted by Crippen LogP contribution is 2.40. The maximum atomic E-state index is 5.56. The normalized spacial score (nSPS) is 10.3. The molecule has 0 unspecified atom stereocenters. The molecule has 0 saturated heterocycles. The van der Waals surface area contributed by atoms with Crippen LogP contribution in [0.4, 0.5) is 0 Å². The third kappa shape index (κ3) is 8.77. The molecule has 0 aliphatic rings. The summed E-state index contributed by atoms with van der Waals surface area (Å²) in [5.74, 6) is 32.6. The zero-order valence-corrected chi connectivity index (χ0v) is 36.7. The van der Waals surface area contributed by atoms with Gasteiger partial charge in [0.1, 0.15) is 46.0 Å². The molecule has 0 aromatic heterocycles. The Labute approximate surface area is 372 Å². The summed E-state index contributed by atoms with van der Waals surface area (Å²) in [6.45, 7) is 0. The summed E-state index contributed by atoms with van der Waals surface area (Å²) in [6, 6.07) is 34.9. The van der Waals surface area contributed by atoms with E-state index in [1.54, 1.807) is 56.9 Å². The molecule has 0 radical (unpaired) electrons. The van der Waals surface area contributed by atoms with Crippen LogP contribution in [0.15, 0.2) is 109 Å². The van der Waals surface area contributed by atoms with Gasteiger partial charge in [-0.2, -0.15) is 0 Å². The second-order valence-corrected chi connectivity index (χ2v) is 14.4. The molecule has 314 valence electrons. The third-order valence-corrected chi connectivity index (χ3v) is 10.7. The van der Waals surface area contributed by atoms with Crippen molar-refractivity contribution >= 4 is 32.3 Å². The van der Waals surface area contributed by atoms with Crippen molar-refractivity contribution in [2.24, 2.45) is 0 Å². The quantitative estimate of drug-likeness (QED) is 0.111. The Morgan fingerprint density at radius 2 is 0.422 bits per heavy atom. The van der Waals surface area contributed by atoms with Crippen molar-refractivity contribution in [3.63, 3.8) is 0 Å². The lowest BCUT2D eigenvalue weighted by molar-refractivity contribution is 0.394. The van der Waals surface area contributed by atoms with E-state index >= 15 is 0 Å². The van der Waals surface area contributed by atoms with Crippen LogP contribution in [0.2, 0.25) is 0 Å². The molecular formula is C56H42O8. The van der Waals surface area contributed by atoms with Crippen LogP contribution in [0.1, 0.15) is 44.5 Å². The number of benzene rings is 8. The maximum absolute atomic E-state index is 5.56. The van der Waals surface area contributed by atoms with Crippen molar-refractivity contribution < 1.29 is 37.9 Å². The van der Waals surface area contributed by atoms with Gasteiger partial charge in [-0.1, -0.05) is 71.6 Å². The Morgan fingerprint density at radius 3 is 0.594 bits per heavy atom. The summed E-state index contributed by atoms with van der Waals surface area (Å²) in [6.07, 6.45) is 0. The minimum atomic E-state index is 0.640. The van der Waals surface area contributed by atoms with Crippen molar-refractivity contribution in [1.82, 2.24) is 0 Å². The van der Waals surface area contributed by atoms with Crippen LogP contribution in [0, 0.1) is 47.4 Å². The fourth-order valence-corrected chi connectivity index (χ4v) is 7.48. The summed E-state index contributed by atoms with van der Waals surface area (Å²) in [5.41, 5.74) is 6.07. The molecule has 0 aliphatic carbocycles. The van der Waals surface area contributed by atoms with Crippen molar-refractivity contribution in [2.75, 3.05) is 56.9 Å². The molecule has 8 heteroatoms. The lowest BCUT2D eigenvalue weighted by atomic mass is 9.86. The standard InChI is InChI=1S/C56H42O8/c1-57-43-21-35(22-44(31-43)58-2)9-13-39-29-40(14-10-36-23-45(59-3)32-46(24-36)60-4)52-19-20-54-42(16-12-38-27-49(63-7)34-50(28-38)64-8)30-41(53-18-17-51(39)55(52)56(53)54)15-11-37-25-47(61-5)33-48(26-37)62-6/h17-34H,1-8H3. The molecule has 8 rings (SSSR count). The zero-order chi connectivity index (χ0) is 44.7. The number of methoxy groups -OCH3 is 8. The molecule has 0 atom stereocenters. The molecule has 64 heavy (non-hydrogen) atoms. The lowest BCUT2D eigenvalue weighted by Gasteiger charge is -2.16. The van der Waals surface area contributed by atoms with Crippen LogP contribution in [0.25, 0.3) is 32.3 Å². The van der Waals surface area contributed by atoms with E-state index < -0.39 is 0 Å². The van der Waals surface area contributed by atoms with E-state index in [1.165, 1.54) is 0 Å². The molecule has 0 saturated carbocycles. The van der Waals surface area contributed by atoms with Crippen LogP contribution in [0.5, 0.6) is 46.0 Å². The molecule has 8 aromatic carbocycles. The summed E-state index contributed by atoms with van der Waals surface area (Å²) in [5, 5.41) is 5.75. The fourth-order valence-electron chi connectivity index (χ4n) is 7.48. The largest absolute Gasteiger partial charge is 0.497 e. The van der Waals surface area contributed by atoms with Gasteiger partial charge in [0, 0.05) is 68.8 Å². The van der Waals surface area contributed by atoms with Crippen LogP contribution in [-0.2, 0) is 0 Å². The van der Waals surface area contributed by atoms with Gasteiger partial charge in [0.25, 0.3) is 0 Å². The molecule has 0 amide bonds. The summed E-state index contributed by atoms with van der Waals surface area (Å²) in [4.78, 5) is 0. The first kappa shape index (κ1) is 42.1. The average Bonchev–Trinajstić information content (AvgIpc) is 3.35. The van der Waals surface area contributed by atoms with E-state index in [-0.39, 0.29) is 0 Å². The van der Waals surface area contributed by atoms with E-state index in [0.717, 1.165) is 76.8 Å². The first-order valence-corrected chi connectivity index (χ1v) is 20.1. The van der Waals surface area contributed by atoms with Crippen molar-refractivity contribution in [3.05, 3.63) is 154 Å². The Bertz CT molecular complexity index is 2830. The number of ether oxygens (including phenoxy) is 8. The van der Waals surface area contributed by atoms with Crippen LogP contribution in [0.3, 0.4) is 0 Å². The molecule has 8 nitrogen and oxygen atoms in total. The van der Waals surface area contributed by atoms with Gasteiger partial charge < -0.3 is 37.9 Å². The lowest BCUT2D eigenvalue weighted by Crippen LogP contribution is -1.95. The monoisotopic (exact) mass is 842 g/mol. The van der Waals surface area contributed by atoms with E-state index in [1.807, 2.05) is 84.9 Å². The van der Waals surface area contributed by atoms with Gasteiger partial charge in [-0.3, -0.25) is 0 Å². The smallest absolute Gasteiger partial charge is 0.123 e. The van der Waals surface area contributed by atoms with Crippen LogP contribution in [-0.4, -0.2) is 56.9 Å². The summed E-state index contributed by atoms with van der Waals surface area (Å²) in [7, 11) is 13.0. The Balaban J connectivity index is 1.43. The van der Waals surface area contributed by atoms with Crippen LogP contribution >= 0.6 is 0 Å². The minimum absolute atomic E-state index is 0.640. The van der Waals surface area contributed by atoms with Crippen molar-refractivity contribution in [1.29, 1.82) is 0 Å². The third-order valence-electron chi connectivity index (χ3n) is 10.7. The van der Waals surface area contributed by atoms with Crippen molar-refractivity contribution in [2.45, 2.75) is 0 Å². The number of hydrogen-bond donors (Lipinski definition) is 0. The van der Waals surface area contributed by atoms with E-state index in [0.29, 0.717) is 46.0 Å². The van der Waals surface area contributed by atoms with E-state index in [2.05, 4.69) is 71.6 Å². The highest BCUT2D eigenvalue weighted by Gasteiger charge is 2.18. The maximum Gasteiger partial charge on any atom is 0.123 e. The second kappa shape index (κ2) is 18.6. The first-order valence-electron chi connectivity index (χ1n) is 20.1. The van der Waals surface area contributed by atoms with Gasteiger partial charge in [0.2, 0.25) is 0 Å². The van der Waals surface area contributed by atoms with Gasteiger partial charge >= 0.3 is 0 Å². The molecule has 0 fully saturated rings. The predicted octanol–water partition coefficient (Wildman–Crippen LogP) is 10.3. The zero-order valence-electron chi connectivity index (χ0n) is 36.7. The van der Waals surface area contributed by atoms with Gasteiger partial charge in [0.05, 0.1) is 56.9 Å². The topological polar surface area (TPSA) is 73.8 Å². The number of rotatable bonds is 8. The first-order chi connectivity index (χ1) is 31.3. The van der Waals surface area contributed by atoms with E-state index in [9.17, 15) is 0 Å². The molecule has 8 aromatic rings. The molecule has 0 heterocycles. The van der Waals surface area contributed by atoms with Crippen molar-refractivity contribution in [3.8, 4) is 93.4 Å². The molecular weight excluding hydrogens is 801 g/mol. The number of hydrogen-bond acceptors (Lipinski definition) is 8. The molecule has 0 aliphatic heterocycles.